The van der Waals surface area contributed by atoms with Gasteiger partial charge in [0.05, 0.1) is 11.7 Å². The number of ether oxygens (including phenoxy) is 1. The summed E-state index contributed by atoms with van der Waals surface area (Å²) in [5.41, 5.74) is 1.39. The lowest BCUT2D eigenvalue weighted by atomic mass is 9.82. The molecule has 0 atom stereocenters. The SMILES string of the molecule is CC=CN=C(C=C1CCC(C)(OC2CCCC2)CC1)NC(=O)C1CC1. The van der Waals surface area contributed by atoms with E-state index in [1.165, 1.54) is 31.3 Å². The lowest BCUT2D eigenvalue weighted by Crippen LogP contribution is -2.36. The molecule has 25 heavy (non-hydrogen) atoms. The van der Waals surface area contributed by atoms with Gasteiger partial charge in [0.2, 0.25) is 5.91 Å². The Labute approximate surface area is 151 Å². The first-order valence-electron chi connectivity index (χ1n) is 9.95. The van der Waals surface area contributed by atoms with Gasteiger partial charge in [0, 0.05) is 12.1 Å². The molecule has 0 saturated heterocycles. The monoisotopic (exact) mass is 344 g/mol. The molecule has 1 N–H and O–H groups in total. The lowest BCUT2D eigenvalue weighted by molar-refractivity contribution is -0.120. The maximum Gasteiger partial charge on any atom is 0.228 e. The van der Waals surface area contributed by atoms with Crippen molar-refractivity contribution in [3.63, 3.8) is 0 Å². The van der Waals surface area contributed by atoms with Gasteiger partial charge in [-0.05, 0) is 71.3 Å². The Morgan fingerprint density at radius 2 is 1.88 bits per heavy atom. The van der Waals surface area contributed by atoms with Crippen molar-refractivity contribution >= 4 is 11.7 Å². The van der Waals surface area contributed by atoms with E-state index in [1.54, 1.807) is 6.20 Å². The molecule has 0 radical (unpaired) electrons. The van der Waals surface area contributed by atoms with Crippen LogP contribution in [0.2, 0.25) is 0 Å². The Kier molecular flexibility index (Phi) is 6.10. The van der Waals surface area contributed by atoms with Gasteiger partial charge < -0.3 is 10.1 Å². The molecular weight excluding hydrogens is 312 g/mol. The molecule has 3 rings (SSSR count). The second-order valence-corrected chi connectivity index (χ2v) is 8.04. The minimum atomic E-state index is 0.0181. The average Bonchev–Trinajstić information content (AvgIpc) is 3.33. The van der Waals surface area contributed by atoms with Gasteiger partial charge in [-0.3, -0.25) is 4.79 Å². The first-order chi connectivity index (χ1) is 12.1. The first kappa shape index (κ1) is 18.4. The van der Waals surface area contributed by atoms with Crippen molar-refractivity contribution in [3.05, 3.63) is 23.9 Å². The highest BCUT2D eigenvalue weighted by molar-refractivity contribution is 6.06. The Morgan fingerprint density at radius 1 is 1.20 bits per heavy atom. The molecule has 3 saturated carbocycles. The second-order valence-electron chi connectivity index (χ2n) is 8.04. The van der Waals surface area contributed by atoms with Crippen molar-refractivity contribution < 1.29 is 9.53 Å². The molecule has 0 aromatic carbocycles. The summed E-state index contributed by atoms with van der Waals surface area (Å²) in [5.74, 6) is 0.999. The van der Waals surface area contributed by atoms with Crippen LogP contribution in [-0.2, 0) is 9.53 Å². The van der Waals surface area contributed by atoms with E-state index in [0.29, 0.717) is 11.9 Å². The normalized spacial score (nSPS) is 28.6. The minimum absolute atomic E-state index is 0.0181. The fourth-order valence-corrected chi connectivity index (χ4v) is 3.80. The summed E-state index contributed by atoms with van der Waals surface area (Å²) in [7, 11) is 0. The van der Waals surface area contributed by atoms with Crippen molar-refractivity contribution in [1.82, 2.24) is 5.32 Å². The molecule has 0 heterocycles. The number of rotatable bonds is 5. The summed E-state index contributed by atoms with van der Waals surface area (Å²) in [6, 6.07) is 0. The van der Waals surface area contributed by atoms with Crippen LogP contribution in [0.5, 0.6) is 0 Å². The van der Waals surface area contributed by atoms with Crippen molar-refractivity contribution in [2.75, 3.05) is 0 Å². The van der Waals surface area contributed by atoms with Crippen LogP contribution in [0.1, 0.15) is 78.1 Å². The van der Waals surface area contributed by atoms with Gasteiger partial charge in [-0.15, -0.1) is 0 Å². The maximum absolute atomic E-state index is 12.1. The summed E-state index contributed by atoms with van der Waals surface area (Å²) < 4.78 is 6.42. The Hall–Kier alpha value is -1.42. The quantitative estimate of drug-likeness (QED) is 0.582. The molecule has 0 aliphatic heterocycles. The molecule has 0 spiro atoms. The lowest BCUT2D eigenvalue weighted by Gasteiger charge is -2.37. The zero-order valence-corrected chi connectivity index (χ0v) is 15.7. The van der Waals surface area contributed by atoms with E-state index in [-0.39, 0.29) is 17.4 Å². The van der Waals surface area contributed by atoms with Gasteiger partial charge in [0.25, 0.3) is 0 Å². The predicted molar refractivity (Wildman–Crippen MR) is 101 cm³/mol. The third kappa shape index (κ3) is 5.53. The van der Waals surface area contributed by atoms with Crippen LogP contribution in [-0.4, -0.2) is 23.4 Å². The topological polar surface area (TPSA) is 50.7 Å². The average molecular weight is 344 g/mol. The van der Waals surface area contributed by atoms with Gasteiger partial charge in [-0.1, -0.05) is 24.5 Å². The largest absolute Gasteiger partial charge is 0.372 e. The number of aliphatic imine (C=N–C) groups is 1. The van der Waals surface area contributed by atoms with E-state index in [1.807, 2.05) is 13.0 Å². The highest BCUT2D eigenvalue weighted by Crippen LogP contribution is 2.37. The van der Waals surface area contributed by atoms with Gasteiger partial charge in [-0.25, -0.2) is 4.99 Å². The number of hydrogen-bond donors (Lipinski definition) is 1. The van der Waals surface area contributed by atoms with Crippen LogP contribution in [0.25, 0.3) is 0 Å². The molecular formula is C21H32N2O2. The summed E-state index contributed by atoms with van der Waals surface area (Å²) in [4.78, 5) is 16.5. The van der Waals surface area contributed by atoms with Crippen LogP contribution in [0.3, 0.4) is 0 Å². The zero-order valence-electron chi connectivity index (χ0n) is 15.7. The van der Waals surface area contributed by atoms with E-state index >= 15 is 0 Å². The molecule has 0 bridgehead atoms. The molecule has 1 amide bonds. The smallest absolute Gasteiger partial charge is 0.228 e. The molecule has 3 aliphatic carbocycles. The summed E-state index contributed by atoms with van der Waals surface area (Å²) in [5, 5.41) is 2.99. The molecule has 3 fully saturated rings. The zero-order chi connectivity index (χ0) is 17.7. The Balaban J connectivity index is 1.57. The van der Waals surface area contributed by atoms with E-state index in [0.717, 1.165) is 38.5 Å². The fourth-order valence-electron chi connectivity index (χ4n) is 3.80. The van der Waals surface area contributed by atoms with Crippen LogP contribution in [0, 0.1) is 5.92 Å². The van der Waals surface area contributed by atoms with Crippen LogP contribution in [0.15, 0.2) is 28.9 Å². The summed E-state index contributed by atoms with van der Waals surface area (Å²) in [6.07, 6.45) is 17.5. The van der Waals surface area contributed by atoms with Gasteiger partial charge in [0.15, 0.2) is 0 Å². The van der Waals surface area contributed by atoms with Gasteiger partial charge in [0.1, 0.15) is 5.84 Å². The highest BCUT2D eigenvalue weighted by atomic mass is 16.5. The van der Waals surface area contributed by atoms with Gasteiger partial charge >= 0.3 is 0 Å². The first-order valence-corrected chi connectivity index (χ1v) is 9.95. The third-order valence-corrected chi connectivity index (χ3v) is 5.61. The number of nitrogens with one attached hydrogen (secondary N) is 1. The molecule has 3 aliphatic rings. The number of amidine groups is 1. The number of carbonyl (C=O) groups excluding carboxylic acids is 1. The molecule has 4 heteroatoms. The van der Waals surface area contributed by atoms with E-state index in [2.05, 4.69) is 23.3 Å². The predicted octanol–water partition coefficient (Wildman–Crippen LogP) is 4.66. The Bertz CT molecular complexity index is 556. The summed E-state index contributed by atoms with van der Waals surface area (Å²) >= 11 is 0. The standard InChI is InChI=1S/C21H32N2O2/c1-3-14-22-19(23-20(24)17-8-9-17)15-16-10-12-21(2,13-11-16)25-18-6-4-5-7-18/h3,14-15,17-18H,4-13H2,1-2H3,(H,22,23,24). The molecule has 0 aromatic rings. The number of amides is 1. The minimum Gasteiger partial charge on any atom is -0.372 e. The van der Waals surface area contributed by atoms with Crippen molar-refractivity contribution in [3.8, 4) is 0 Å². The van der Waals surface area contributed by atoms with E-state index < -0.39 is 0 Å². The molecule has 0 unspecified atom stereocenters. The molecule has 0 aromatic heterocycles. The van der Waals surface area contributed by atoms with Crippen molar-refractivity contribution in [1.29, 1.82) is 0 Å². The maximum atomic E-state index is 12.1. The molecule has 4 nitrogen and oxygen atoms in total. The van der Waals surface area contributed by atoms with Crippen molar-refractivity contribution in [2.24, 2.45) is 10.9 Å². The van der Waals surface area contributed by atoms with E-state index in [4.69, 9.17) is 4.74 Å². The number of hydrogen-bond acceptors (Lipinski definition) is 3. The number of carbonyl (C=O) groups is 1. The van der Waals surface area contributed by atoms with Gasteiger partial charge in [-0.2, -0.15) is 0 Å². The third-order valence-electron chi connectivity index (χ3n) is 5.61. The summed E-state index contributed by atoms with van der Waals surface area (Å²) in [6.45, 7) is 4.20. The second kappa shape index (κ2) is 8.31. The molecule has 138 valence electrons. The van der Waals surface area contributed by atoms with Crippen molar-refractivity contribution in [2.45, 2.75) is 89.8 Å². The number of allylic oxidation sites excluding steroid dienone is 2. The fraction of sp³-hybridized carbons (Fsp3) is 0.714. The highest BCUT2D eigenvalue weighted by Gasteiger charge is 2.33. The number of nitrogens with zero attached hydrogens (tertiary/aromatic N) is 1. The Morgan fingerprint density at radius 3 is 2.48 bits per heavy atom. The van der Waals surface area contributed by atoms with Crippen LogP contribution in [0.4, 0.5) is 0 Å². The van der Waals surface area contributed by atoms with E-state index in [9.17, 15) is 4.79 Å². The van der Waals surface area contributed by atoms with Crippen LogP contribution < -0.4 is 5.32 Å². The van der Waals surface area contributed by atoms with Crippen LogP contribution >= 0.6 is 0 Å².